The van der Waals surface area contributed by atoms with E-state index in [9.17, 15) is 9.59 Å². The summed E-state index contributed by atoms with van der Waals surface area (Å²) in [5.41, 5.74) is 5.22. The molecule has 1 aromatic heterocycles. The lowest BCUT2D eigenvalue weighted by Gasteiger charge is -2.27. The van der Waals surface area contributed by atoms with E-state index in [2.05, 4.69) is 5.10 Å². The minimum Gasteiger partial charge on any atom is -0.483 e. The molecule has 0 fully saturated rings. The van der Waals surface area contributed by atoms with Crippen molar-refractivity contribution in [3.05, 3.63) is 45.8 Å². The Morgan fingerprint density at radius 3 is 2.61 bits per heavy atom. The van der Waals surface area contributed by atoms with Gasteiger partial charge in [0.25, 0.3) is 5.91 Å². The van der Waals surface area contributed by atoms with Gasteiger partial charge in [-0.1, -0.05) is 12.1 Å². The van der Waals surface area contributed by atoms with Crippen LogP contribution in [-0.2, 0) is 29.5 Å². The number of benzene rings is 1. The quantitative estimate of drug-likeness (QED) is 0.740. The fourth-order valence-corrected chi connectivity index (χ4v) is 3.54. The summed E-state index contributed by atoms with van der Waals surface area (Å²) >= 11 is 0. The van der Waals surface area contributed by atoms with Gasteiger partial charge in [-0.25, -0.2) is 4.79 Å². The van der Waals surface area contributed by atoms with E-state index in [1.165, 1.54) is 0 Å². The molecule has 2 aromatic rings. The van der Waals surface area contributed by atoms with E-state index in [0.717, 1.165) is 33.7 Å². The molecule has 1 aliphatic heterocycles. The van der Waals surface area contributed by atoms with Crippen LogP contribution in [0.2, 0.25) is 0 Å². The predicted molar refractivity (Wildman–Crippen MR) is 104 cm³/mol. The summed E-state index contributed by atoms with van der Waals surface area (Å²) in [5, 5.41) is 4.30. The molecule has 1 amide bonds. The predicted octanol–water partition coefficient (Wildman–Crippen LogP) is 2.49. The van der Waals surface area contributed by atoms with E-state index < -0.39 is 5.97 Å². The van der Waals surface area contributed by atoms with Crippen LogP contribution in [0, 0.1) is 20.8 Å². The number of esters is 1. The summed E-state index contributed by atoms with van der Waals surface area (Å²) in [5.74, 6) is 0.208. The third-order valence-corrected chi connectivity index (χ3v) is 5.28. The molecule has 7 heteroatoms. The third kappa shape index (κ3) is 3.74. The Morgan fingerprint density at radius 1 is 1.18 bits per heavy atom. The van der Waals surface area contributed by atoms with Crippen molar-refractivity contribution in [1.29, 1.82) is 0 Å². The normalized spacial score (nSPS) is 13.2. The zero-order valence-electron chi connectivity index (χ0n) is 17.2. The second-order valence-corrected chi connectivity index (χ2v) is 7.13. The molecule has 0 atom stereocenters. The summed E-state index contributed by atoms with van der Waals surface area (Å²) < 4.78 is 12.7. The first-order valence-corrected chi connectivity index (χ1v) is 9.52. The summed E-state index contributed by atoms with van der Waals surface area (Å²) in [7, 11) is 1.81. The maximum absolute atomic E-state index is 12.8. The number of aryl methyl sites for hydroxylation is 3. The zero-order valence-corrected chi connectivity index (χ0v) is 17.2. The molecule has 7 nitrogen and oxygen atoms in total. The maximum atomic E-state index is 12.8. The number of amides is 1. The molecule has 0 bridgehead atoms. The number of ether oxygens (including phenoxy) is 2. The lowest BCUT2D eigenvalue weighted by Crippen LogP contribution is -2.39. The fraction of sp³-hybridized carbons (Fsp3) is 0.476. The summed E-state index contributed by atoms with van der Waals surface area (Å²) in [6.45, 7) is 8.92. The molecule has 0 radical (unpaired) electrons. The monoisotopic (exact) mass is 385 g/mol. The molecule has 0 saturated carbocycles. The second kappa shape index (κ2) is 8.04. The topological polar surface area (TPSA) is 73.7 Å². The lowest BCUT2D eigenvalue weighted by atomic mass is 10.0. The summed E-state index contributed by atoms with van der Waals surface area (Å²) in [6, 6.07) is 4.04. The van der Waals surface area contributed by atoms with Gasteiger partial charge < -0.3 is 14.4 Å². The van der Waals surface area contributed by atoms with E-state index in [0.29, 0.717) is 25.2 Å². The van der Waals surface area contributed by atoms with Crippen LogP contribution in [0.5, 0.6) is 5.75 Å². The molecule has 0 N–H and O–H groups in total. The molecule has 150 valence electrons. The minimum atomic E-state index is -0.448. The number of fused-ring (bicyclic) bond motifs is 1. The van der Waals surface area contributed by atoms with E-state index in [1.807, 2.05) is 40.0 Å². The van der Waals surface area contributed by atoms with Gasteiger partial charge in [0.2, 0.25) is 0 Å². The Labute approximate surface area is 165 Å². The average Bonchev–Trinajstić information content (AvgIpc) is 3.01. The van der Waals surface area contributed by atoms with Crippen molar-refractivity contribution in [3.8, 4) is 5.75 Å². The SMILES string of the molecule is CCOC(=O)c1nn(C)c2c1CN(C(=O)COc1c(C)ccc(C)c1C)CC2. The number of rotatable bonds is 5. The standard InChI is InChI=1S/C21H27N3O4/c1-6-27-21(26)19-16-11-24(10-9-17(16)23(5)22-19)18(25)12-28-20-14(3)8-7-13(2)15(20)4/h7-8H,6,9-12H2,1-5H3. The van der Waals surface area contributed by atoms with E-state index in [4.69, 9.17) is 9.47 Å². The third-order valence-electron chi connectivity index (χ3n) is 5.28. The highest BCUT2D eigenvalue weighted by Crippen LogP contribution is 2.26. The van der Waals surface area contributed by atoms with E-state index >= 15 is 0 Å². The van der Waals surface area contributed by atoms with Crippen LogP contribution in [0.3, 0.4) is 0 Å². The Morgan fingerprint density at radius 2 is 1.89 bits per heavy atom. The van der Waals surface area contributed by atoms with Gasteiger partial charge in [0.15, 0.2) is 12.3 Å². The molecule has 1 aliphatic rings. The summed E-state index contributed by atoms with van der Waals surface area (Å²) in [4.78, 5) is 26.7. The van der Waals surface area contributed by atoms with Gasteiger partial charge >= 0.3 is 5.97 Å². The van der Waals surface area contributed by atoms with Crippen molar-refractivity contribution in [2.75, 3.05) is 19.8 Å². The molecule has 3 rings (SSSR count). The smallest absolute Gasteiger partial charge is 0.359 e. The molecular formula is C21H27N3O4. The van der Waals surface area contributed by atoms with Crippen molar-refractivity contribution >= 4 is 11.9 Å². The first-order chi connectivity index (χ1) is 13.3. The first-order valence-electron chi connectivity index (χ1n) is 9.52. The van der Waals surface area contributed by atoms with Crippen molar-refractivity contribution in [2.24, 2.45) is 7.05 Å². The van der Waals surface area contributed by atoms with Gasteiger partial charge in [-0.05, 0) is 44.4 Å². The highest BCUT2D eigenvalue weighted by molar-refractivity contribution is 5.89. The Bertz CT molecular complexity index is 917. The van der Waals surface area contributed by atoms with Crippen LogP contribution in [0.1, 0.15) is 45.4 Å². The Balaban J connectivity index is 1.73. The largest absolute Gasteiger partial charge is 0.483 e. The van der Waals surface area contributed by atoms with Crippen LogP contribution in [0.4, 0.5) is 0 Å². The molecule has 2 heterocycles. The molecule has 0 unspecified atom stereocenters. The number of aromatic nitrogens is 2. The fourth-order valence-electron chi connectivity index (χ4n) is 3.54. The highest BCUT2D eigenvalue weighted by atomic mass is 16.5. The van der Waals surface area contributed by atoms with Gasteiger partial charge in [0.1, 0.15) is 5.75 Å². The minimum absolute atomic E-state index is 0.0323. The van der Waals surface area contributed by atoms with Gasteiger partial charge in [-0.2, -0.15) is 5.10 Å². The van der Waals surface area contributed by atoms with Crippen molar-refractivity contribution in [1.82, 2.24) is 14.7 Å². The van der Waals surface area contributed by atoms with E-state index in [-0.39, 0.29) is 19.1 Å². The van der Waals surface area contributed by atoms with Gasteiger partial charge in [0.05, 0.1) is 13.2 Å². The second-order valence-electron chi connectivity index (χ2n) is 7.13. The Kier molecular flexibility index (Phi) is 5.72. The van der Waals surface area contributed by atoms with Crippen LogP contribution >= 0.6 is 0 Å². The summed E-state index contributed by atoms with van der Waals surface area (Å²) in [6.07, 6.45) is 0.645. The number of hydrogen-bond acceptors (Lipinski definition) is 5. The van der Waals surface area contributed by atoms with E-state index in [1.54, 1.807) is 16.5 Å². The molecule has 0 saturated heterocycles. The van der Waals surface area contributed by atoms with Crippen molar-refractivity contribution < 1.29 is 19.1 Å². The highest BCUT2D eigenvalue weighted by Gasteiger charge is 2.30. The molecular weight excluding hydrogens is 358 g/mol. The maximum Gasteiger partial charge on any atom is 0.359 e. The number of carbonyl (C=O) groups excluding carboxylic acids is 2. The molecule has 0 spiro atoms. The zero-order chi connectivity index (χ0) is 20.4. The number of hydrogen-bond donors (Lipinski definition) is 0. The van der Waals surface area contributed by atoms with Crippen molar-refractivity contribution in [3.63, 3.8) is 0 Å². The Hall–Kier alpha value is -2.83. The van der Waals surface area contributed by atoms with Crippen LogP contribution in [0.15, 0.2) is 12.1 Å². The van der Waals surface area contributed by atoms with Crippen LogP contribution < -0.4 is 4.74 Å². The average molecular weight is 385 g/mol. The van der Waals surface area contributed by atoms with Crippen LogP contribution in [-0.4, -0.2) is 46.3 Å². The van der Waals surface area contributed by atoms with Gasteiger partial charge in [-0.3, -0.25) is 9.48 Å². The number of carbonyl (C=O) groups is 2. The molecule has 0 aliphatic carbocycles. The number of nitrogens with zero attached hydrogens (tertiary/aromatic N) is 3. The lowest BCUT2D eigenvalue weighted by molar-refractivity contribution is -0.134. The first kappa shape index (κ1) is 19.9. The van der Waals surface area contributed by atoms with Crippen LogP contribution in [0.25, 0.3) is 0 Å². The van der Waals surface area contributed by atoms with Gasteiger partial charge in [-0.15, -0.1) is 0 Å². The van der Waals surface area contributed by atoms with Gasteiger partial charge in [0, 0.05) is 31.3 Å². The molecule has 1 aromatic carbocycles. The van der Waals surface area contributed by atoms with Crippen molar-refractivity contribution in [2.45, 2.75) is 40.7 Å². The molecule has 28 heavy (non-hydrogen) atoms.